The maximum atomic E-state index is 13.0. The number of terminal acetylenes is 1. The van der Waals surface area contributed by atoms with Gasteiger partial charge in [0, 0.05) is 6.42 Å². The van der Waals surface area contributed by atoms with Gasteiger partial charge in [0.25, 0.3) is 0 Å². The number of imide groups is 1. The minimum absolute atomic E-state index is 0.169. The third-order valence-corrected chi connectivity index (χ3v) is 4.68. The highest BCUT2D eigenvalue weighted by Crippen LogP contribution is 2.31. The molecule has 1 fully saturated rings. The minimum atomic E-state index is -1.09. The zero-order valence-electron chi connectivity index (χ0n) is 14.8. The van der Waals surface area contributed by atoms with Crippen LogP contribution in [0.1, 0.15) is 38.7 Å². The lowest BCUT2D eigenvalue weighted by Gasteiger charge is -2.33. The molecule has 0 bridgehead atoms. The van der Waals surface area contributed by atoms with Crippen LogP contribution in [0.25, 0.3) is 0 Å². The monoisotopic (exact) mass is 343 g/mol. The summed E-state index contributed by atoms with van der Waals surface area (Å²) in [4.78, 5) is 26.3. The molecule has 0 aromatic heterocycles. The number of aliphatic hydroxyl groups excluding tert-OH is 1. The molecule has 0 radical (unpaired) electrons. The molecule has 0 saturated carbocycles. The molecule has 5 nitrogen and oxygen atoms in total. The van der Waals surface area contributed by atoms with Crippen LogP contribution in [0.5, 0.6) is 0 Å². The summed E-state index contributed by atoms with van der Waals surface area (Å²) in [5.41, 5.74) is -0.0663. The number of amides is 2. The lowest BCUT2D eigenvalue weighted by atomic mass is 9.82. The van der Waals surface area contributed by atoms with Gasteiger partial charge in [0.2, 0.25) is 5.91 Å². The second kappa shape index (κ2) is 8.17. The topological polar surface area (TPSA) is 66.8 Å². The van der Waals surface area contributed by atoms with Crippen molar-refractivity contribution in [2.75, 3.05) is 6.61 Å². The van der Waals surface area contributed by atoms with Crippen LogP contribution in [0.2, 0.25) is 0 Å². The summed E-state index contributed by atoms with van der Waals surface area (Å²) in [6, 6.07) is 9.28. The number of rotatable bonds is 7. The molecule has 0 unspecified atom stereocenters. The van der Waals surface area contributed by atoms with Crippen LogP contribution in [-0.4, -0.2) is 40.8 Å². The molecule has 1 aliphatic rings. The molecule has 25 heavy (non-hydrogen) atoms. The van der Waals surface area contributed by atoms with Gasteiger partial charge >= 0.3 is 6.09 Å². The average molecular weight is 343 g/mol. The highest BCUT2D eigenvalue weighted by atomic mass is 16.6. The van der Waals surface area contributed by atoms with E-state index in [1.165, 1.54) is 0 Å². The van der Waals surface area contributed by atoms with E-state index in [1.807, 2.05) is 30.3 Å². The first-order valence-corrected chi connectivity index (χ1v) is 8.53. The average Bonchev–Trinajstić information content (AvgIpc) is 2.95. The normalized spacial score (nSPS) is 18.6. The Balaban J connectivity index is 2.11. The predicted molar refractivity (Wildman–Crippen MR) is 94.6 cm³/mol. The number of hydrogen-bond acceptors (Lipinski definition) is 4. The summed E-state index contributed by atoms with van der Waals surface area (Å²) in [6.07, 6.45) is 5.82. The molecular weight excluding hydrogens is 318 g/mol. The number of cyclic esters (lactones) is 1. The van der Waals surface area contributed by atoms with Gasteiger partial charge in [-0.1, -0.05) is 30.3 Å². The van der Waals surface area contributed by atoms with E-state index in [-0.39, 0.29) is 12.6 Å². The van der Waals surface area contributed by atoms with Crippen molar-refractivity contribution in [1.82, 2.24) is 4.90 Å². The number of hydrogen-bond donors (Lipinski definition) is 1. The largest absolute Gasteiger partial charge is 0.447 e. The number of aliphatic hydroxyl groups is 1. The molecule has 2 rings (SSSR count). The Labute approximate surface area is 149 Å². The third-order valence-electron chi connectivity index (χ3n) is 4.68. The molecule has 134 valence electrons. The first-order chi connectivity index (χ1) is 11.9. The standard InChI is InChI=1S/C20H25NO4/c1-4-5-7-12-17(22)20(2,3)18(23)21-16(14-25-19(21)24)13-15-10-8-6-9-11-15/h1,6,8-11,16-17,22H,5,7,12-14H2,2-3H3/t16-,17-/m0/s1. The summed E-state index contributed by atoms with van der Waals surface area (Å²) in [5, 5.41) is 10.4. The Bertz CT molecular complexity index is 647. The summed E-state index contributed by atoms with van der Waals surface area (Å²) in [6.45, 7) is 3.48. The first kappa shape index (κ1) is 19.0. The number of unbranched alkanes of at least 4 members (excludes halogenated alkanes) is 1. The molecule has 1 aromatic carbocycles. The Hall–Kier alpha value is -2.32. The lowest BCUT2D eigenvalue weighted by Crippen LogP contribution is -2.51. The number of benzene rings is 1. The summed E-state index contributed by atoms with van der Waals surface area (Å²) < 4.78 is 5.10. The van der Waals surface area contributed by atoms with Gasteiger partial charge in [-0.15, -0.1) is 12.3 Å². The number of ether oxygens (including phenoxy) is 1. The fourth-order valence-corrected chi connectivity index (χ4v) is 2.96. The smallest absolute Gasteiger partial charge is 0.417 e. The van der Waals surface area contributed by atoms with E-state index in [2.05, 4.69) is 5.92 Å². The lowest BCUT2D eigenvalue weighted by molar-refractivity contribution is -0.144. The second-order valence-corrected chi connectivity index (χ2v) is 6.93. The molecule has 5 heteroatoms. The molecule has 2 atom stereocenters. The van der Waals surface area contributed by atoms with Crippen LogP contribution in [0.15, 0.2) is 30.3 Å². The number of nitrogens with zero attached hydrogens (tertiary/aromatic N) is 1. The van der Waals surface area contributed by atoms with E-state index >= 15 is 0 Å². The molecule has 1 saturated heterocycles. The second-order valence-electron chi connectivity index (χ2n) is 6.93. The number of carbonyl (C=O) groups is 2. The Morgan fingerprint density at radius 1 is 1.44 bits per heavy atom. The van der Waals surface area contributed by atoms with Crippen LogP contribution >= 0.6 is 0 Å². The van der Waals surface area contributed by atoms with Gasteiger partial charge in [0.1, 0.15) is 6.61 Å². The quantitative estimate of drug-likeness (QED) is 0.611. The van der Waals surface area contributed by atoms with Crippen molar-refractivity contribution in [2.24, 2.45) is 5.41 Å². The first-order valence-electron chi connectivity index (χ1n) is 8.53. The van der Waals surface area contributed by atoms with Crippen LogP contribution in [-0.2, 0) is 16.0 Å². The maximum Gasteiger partial charge on any atom is 0.417 e. The van der Waals surface area contributed by atoms with Crippen LogP contribution in [0.3, 0.4) is 0 Å². The van der Waals surface area contributed by atoms with Crippen molar-refractivity contribution < 1.29 is 19.4 Å². The summed E-state index contributed by atoms with van der Waals surface area (Å²) in [7, 11) is 0. The molecule has 1 heterocycles. The molecule has 1 N–H and O–H groups in total. The Kier molecular flexibility index (Phi) is 6.22. The molecule has 0 spiro atoms. The zero-order valence-corrected chi connectivity index (χ0v) is 14.8. The van der Waals surface area contributed by atoms with E-state index in [0.29, 0.717) is 25.7 Å². The van der Waals surface area contributed by atoms with Crippen molar-refractivity contribution in [1.29, 1.82) is 0 Å². The van der Waals surface area contributed by atoms with E-state index < -0.39 is 23.5 Å². The fraction of sp³-hybridized carbons (Fsp3) is 0.500. The Morgan fingerprint density at radius 3 is 2.76 bits per heavy atom. The summed E-state index contributed by atoms with van der Waals surface area (Å²) >= 11 is 0. The van der Waals surface area contributed by atoms with Gasteiger partial charge in [-0.3, -0.25) is 4.79 Å². The highest BCUT2D eigenvalue weighted by Gasteiger charge is 2.46. The van der Waals surface area contributed by atoms with E-state index in [1.54, 1.807) is 13.8 Å². The van der Waals surface area contributed by atoms with E-state index in [9.17, 15) is 14.7 Å². The van der Waals surface area contributed by atoms with Gasteiger partial charge in [-0.2, -0.15) is 0 Å². The maximum absolute atomic E-state index is 13.0. The van der Waals surface area contributed by atoms with Crippen molar-refractivity contribution in [3.05, 3.63) is 35.9 Å². The van der Waals surface area contributed by atoms with Gasteiger partial charge in [-0.05, 0) is 38.7 Å². The van der Waals surface area contributed by atoms with Gasteiger partial charge < -0.3 is 9.84 Å². The summed E-state index contributed by atoms with van der Waals surface area (Å²) in [5.74, 6) is 2.11. The van der Waals surface area contributed by atoms with Crippen molar-refractivity contribution in [3.8, 4) is 12.3 Å². The number of carbonyl (C=O) groups excluding carboxylic acids is 2. The SMILES string of the molecule is C#CCCC[C@H](O)C(C)(C)C(=O)N1C(=O)OC[C@@H]1Cc1ccccc1. The predicted octanol–water partition coefficient (Wildman–Crippen LogP) is 2.77. The van der Waals surface area contributed by atoms with Crippen LogP contribution in [0, 0.1) is 17.8 Å². The minimum Gasteiger partial charge on any atom is -0.447 e. The van der Waals surface area contributed by atoms with E-state index in [4.69, 9.17) is 11.2 Å². The molecule has 1 aliphatic heterocycles. The van der Waals surface area contributed by atoms with Crippen LogP contribution < -0.4 is 0 Å². The van der Waals surface area contributed by atoms with Crippen molar-refractivity contribution >= 4 is 12.0 Å². The third kappa shape index (κ3) is 4.40. The van der Waals surface area contributed by atoms with Crippen LogP contribution in [0.4, 0.5) is 4.79 Å². The Morgan fingerprint density at radius 2 is 2.12 bits per heavy atom. The highest BCUT2D eigenvalue weighted by molar-refractivity contribution is 5.96. The molecular formula is C20H25NO4. The molecule has 0 aliphatic carbocycles. The molecule has 1 aromatic rings. The van der Waals surface area contributed by atoms with E-state index in [0.717, 1.165) is 10.5 Å². The molecule has 2 amide bonds. The fourth-order valence-electron chi connectivity index (χ4n) is 2.96. The van der Waals surface area contributed by atoms with Gasteiger partial charge in [0.15, 0.2) is 0 Å². The van der Waals surface area contributed by atoms with Crippen molar-refractivity contribution in [3.63, 3.8) is 0 Å². The van der Waals surface area contributed by atoms with Crippen molar-refractivity contribution in [2.45, 2.75) is 51.7 Å². The zero-order chi connectivity index (χ0) is 18.4. The van der Waals surface area contributed by atoms with Gasteiger partial charge in [0.05, 0.1) is 17.6 Å². The van der Waals surface area contributed by atoms with Gasteiger partial charge in [-0.25, -0.2) is 9.69 Å².